The zero-order valence-electron chi connectivity index (χ0n) is 15.2. The summed E-state index contributed by atoms with van der Waals surface area (Å²) in [6, 6.07) is 10.3. The number of thioether (sulfide) groups is 1. The van der Waals surface area contributed by atoms with Gasteiger partial charge in [0.25, 0.3) is 11.7 Å². The maximum Gasteiger partial charge on any atom is 0.300 e. The molecule has 3 aromatic rings. The lowest BCUT2D eigenvalue weighted by molar-refractivity contribution is -0.115. The first-order chi connectivity index (χ1) is 13.3. The lowest BCUT2D eigenvalue weighted by atomic mass is 9.89. The summed E-state index contributed by atoms with van der Waals surface area (Å²) in [7, 11) is 0. The fraction of sp³-hybridized carbons (Fsp3) is 0.190. The summed E-state index contributed by atoms with van der Waals surface area (Å²) in [4.78, 5) is 34.2. The number of rotatable bonds is 3. The zero-order chi connectivity index (χ0) is 19.6. The van der Waals surface area contributed by atoms with E-state index >= 15 is 0 Å². The molecule has 0 saturated heterocycles. The van der Waals surface area contributed by atoms with Crippen molar-refractivity contribution >= 4 is 45.7 Å². The molecule has 0 saturated carbocycles. The van der Waals surface area contributed by atoms with Gasteiger partial charge in [0.1, 0.15) is 5.82 Å². The molecular formula is C21H16FN3O2S. The number of carbonyl (C=O) groups is 2. The summed E-state index contributed by atoms with van der Waals surface area (Å²) in [5.74, 6) is -1.23. The number of imidazole rings is 1. The number of aromatic nitrogens is 2. The number of H-pyrrole nitrogens is 1. The van der Waals surface area contributed by atoms with Crippen molar-refractivity contribution in [2.75, 3.05) is 10.7 Å². The molecule has 0 atom stereocenters. The van der Waals surface area contributed by atoms with Crippen LogP contribution in [0, 0.1) is 5.82 Å². The van der Waals surface area contributed by atoms with Crippen LogP contribution < -0.4 is 4.90 Å². The number of para-hydroxylation sites is 2. The second-order valence-corrected chi connectivity index (χ2v) is 8.45. The Morgan fingerprint density at radius 1 is 1.18 bits per heavy atom. The van der Waals surface area contributed by atoms with E-state index in [1.165, 1.54) is 22.7 Å². The molecule has 0 unspecified atom stereocenters. The number of ketones is 1. The fourth-order valence-corrected chi connectivity index (χ4v) is 4.83. The van der Waals surface area contributed by atoms with E-state index in [0.717, 1.165) is 27.8 Å². The molecule has 1 amide bonds. The van der Waals surface area contributed by atoms with Gasteiger partial charge in [-0.1, -0.05) is 30.0 Å². The molecule has 2 aliphatic rings. The number of benzene rings is 2. The van der Waals surface area contributed by atoms with E-state index in [9.17, 15) is 14.0 Å². The number of aromatic amines is 1. The van der Waals surface area contributed by atoms with Crippen LogP contribution in [0.3, 0.4) is 0 Å². The summed E-state index contributed by atoms with van der Waals surface area (Å²) in [6.07, 6.45) is 1.94. The van der Waals surface area contributed by atoms with Gasteiger partial charge in [0.2, 0.25) is 0 Å². The van der Waals surface area contributed by atoms with Gasteiger partial charge in [-0.3, -0.25) is 14.5 Å². The molecule has 0 radical (unpaired) electrons. The van der Waals surface area contributed by atoms with Gasteiger partial charge in [0.05, 0.1) is 27.8 Å². The van der Waals surface area contributed by atoms with E-state index in [2.05, 4.69) is 9.97 Å². The molecule has 140 valence electrons. The minimum Gasteiger partial charge on any atom is -0.333 e. The average Bonchev–Trinajstić information content (AvgIpc) is 3.17. The molecule has 0 bridgehead atoms. The third kappa shape index (κ3) is 2.43. The van der Waals surface area contributed by atoms with Gasteiger partial charge in [-0.15, -0.1) is 0 Å². The van der Waals surface area contributed by atoms with Crippen molar-refractivity contribution in [3.8, 4) is 0 Å². The van der Waals surface area contributed by atoms with E-state index in [1.807, 2.05) is 44.2 Å². The topological polar surface area (TPSA) is 66.1 Å². The molecule has 3 heterocycles. The number of fused-ring (bicyclic) bond motifs is 1. The normalized spacial score (nSPS) is 17.2. The summed E-state index contributed by atoms with van der Waals surface area (Å²) >= 11 is 1.51. The lowest BCUT2D eigenvalue weighted by Gasteiger charge is -2.38. The third-order valence-electron chi connectivity index (χ3n) is 5.12. The quantitative estimate of drug-likeness (QED) is 0.535. The van der Waals surface area contributed by atoms with Crippen LogP contribution in [0.15, 0.2) is 47.6 Å². The van der Waals surface area contributed by atoms with Crippen LogP contribution in [0.5, 0.6) is 0 Å². The van der Waals surface area contributed by atoms with Gasteiger partial charge < -0.3 is 4.98 Å². The van der Waals surface area contributed by atoms with Crippen LogP contribution in [-0.4, -0.2) is 33.0 Å². The molecule has 5 nitrogen and oxygen atoms in total. The van der Waals surface area contributed by atoms with E-state index in [1.54, 1.807) is 0 Å². The van der Waals surface area contributed by atoms with E-state index in [-0.39, 0.29) is 5.56 Å². The summed E-state index contributed by atoms with van der Waals surface area (Å²) < 4.78 is 14.2. The Labute approximate surface area is 164 Å². The van der Waals surface area contributed by atoms with E-state index < -0.39 is 23.0 Å². The number of Topliss-reactive ketones (excluding diaryl/α,β-unsaturated/α-hetero) is 1. The summed E-state index contributed by atoms with van der Waals surface area (Å²) in [6.45, 7) is 3.76. The predicted octanol–water partition coefficient (Wildman–Crippen LogP) is 4.20. The average molecular weight is 393 g/mol. The molecule has 28 heavy (non-hydrogen) atoms. The molecule has 7 heteroatoms. The van der Waals surface area contributed by atoms with Crippen LogP contribution in [0.25, 0.3) is 16.6 Å². The number of carbonyl (C=O) groups excluding carboxylic acids is 2. The number of halogens is 1. The molecule has 2 aliphatic heterocycles. The van der Waals surface area contributed by atoms with Crippen LogP contribution in [0.4, 0.5) is 10.1 Å². The maximum atomic E-state index is 14.2. The first-order valence-corrected chi connectivity index (χ1v) is 9.86. The molecule has 0 aliphatic carbocycles. The number of nitrogens with one attached hydrogen (secondary N) is 1. The van der Waals surface area contributed by atoms with Crippen molar-refractivity contribution in [1.29, 1.82) is 0 Å². The van der Waals surface area contributed by atoms with Gasteiger partial charge in [-0.25, -0.2) is 9.37 Å². The molecule has 1 N–H and O–H groups in total. The zero-order valence-corrected chi connectivity index (χ0v) is 16.1. The molecule has 0 fully saturated rings. The second-order valence-electron chi connectivity index (χ2n) is 7.49. The van der Waals surface area contributed by atoms with Crippen LogP contribution in [-0.2, 0) is 4.79 Å². The number of anilines is 1. The Kier molecular flexibility index (Phi) is 3.55. The molecule has 2 aromatic carbocycles. The van der Waals surface area contributed by atoms with Gasteiger partial charge in [0.15, 0.2) is 5.16 Å². The van der Waals surface area contributed by atoms with Crippen molar-refractivity contribution in [1.82, 2.24) is 9.97 Å². The minimum atomic E-state index is -0.674. The first-order valence-electron chi connectivity index (χ1n) is 8.87. The Bertz CT molecular complexity index is 1180. The Morgan fingerprint density at radius 2 is 1.93 bits per heavy atom. The van der Waals surface area contributed by atoms with Gasteiger partial charge in [-0.05, 0) is 43.7 Å². The maximum absolute atomic E-state index is 14.2. The predicted molar refractivity (Wildman–Crippen MR) is 107 cm³/mol. The van der Waals surface area contributed by atoms with Gasteiger partial charge in [0, 0.05) is 11.3 Å². The summed E-state index contributed by atoms with van der Waals surface area (Å²) in [5.41, 5.74) is 3.31. The van der Waals surface area contributed by atoms with Gasteiger partial charge >= 0.3 is 0 Å². The van der Waals surface area contributed by atoms with Crippen LogP contribution in [0.2, 0.25) is 0 Å². The molecule has 5 rings (SSSR count). The number of hydrogen-bond acceptors (Lipinski definition) is 4. The van der Waals surface area contributed by atoms with Crippen molar-refractivity contribution in [2.24, 2.45) is 0 Å². The number of amides is 1. The highest BCUT2D eigenvalue weighted by Gasteiger charge is 2.47. The number of hydrogen-bond donors (Lipinski definition) is 1. The Balaban J connectivity index is 1.55. The summed E-state index contributed by atoms with van der Waals surface area (Å²) in [5, 5.41) is 0.766. The standard InChI is InChI=1S/C21H16FN3O2S/c1-21(2)9-11(10-28-20-23-15-5-3-4-6-16(15)24-20)13-7-12(22)8-14-17(13)25(21)19(27)18(14)26/h3-9H,10H2,1-2H3,(H,23,24). The molecule has 1 aromatic heterocycles. The highest BCUT2D eigenvalue weighted by molar-refractivity contribution is 7.99. The lowest BCUT2D eigenvalue weighted by Crippen LogP contribution is -2.47. The highest BCUT2D eigenvalue weighted by atomic mass is 32.2. The Morgan fingerprint density at radius 3 is 2.71 bits per heavy atom. The van der Waals surface area contributed by atoms with Crippen molar-refractivity contribution < 1.29 is 14.0 Å². The van der Waals surface area contributed by atoms with E-state index in [4.69, 9.17) is 0 Å². The highest BCUT2D eigenvalue weighted by Crippen LogP contribution is 2.46. The molecule has 0 spiro atoms. The van der Waals surface area contributed by atoms with E-state index in [0.29, 0.717) is 17.0 Å². The van der Waals surface area contributed by atoms with Crippen LogP contribution >= 0.6 is 11.8 Å². The van der Waals surface area contributed by atoms with Gasteiger partial charge in [-0.2, -0.15) is 0 Å². The second kappa shape index (κ2) is 5.78. The Hall–Kier alpha value is -2.93. The number of nitrogens with zero attached hydrogens (tertiary/aromatic N) is 2. The van der Waals surface area contributed by atoms with Crippen LogP contribution in [0.1, 0.15) is 29.8 Å². The molecular weight excluding hydrogens is 377 g/mol. The van der Waals surface area contributed by atoms with Crippen molar-refractivity contribution in [3.05, 3.63) is 59.4 Å². The third-order valence-corrected chi connectivity index (χ3v) is 6.04. The smallest absolute Gasteiger partial charge is 0.300 e. The minimum absolute atomic E-state index is 0.146. The van der Waals surface area contributed by atoms with Crippen molar-refractivity contribution in [2.45, 2.75) is 24.5 Å². The largest absolute Gasteiger partial charge is 0.333 e. The fourth-order valence-electron chi connectivity index (χ4n) is 3.96. The SMILES string of the molecule is CC1(C)C=C(CSc2nc3ccccc3[nH]2)c2cc(F)cc3c2N1C(=O)C3=O. The first kappa shape index (κ1) is 17.2. The van der Waals surface area contributed by atoms with Crippen molar-refractivity contribution in [3.63, 3.8) is 0 Å². The monoisotopic (exact) mass is 393 g/mol.